The summed E-state index contributed by atoms with van der Waals surface area (Å²) >= 11 is 0. The summed E-state index contributed by atoms with van der Waals surface area (Å²) in [5.74, 6) is 0. The molecule has 0 aromatic carbocycles. The lowest BCUT2D eigenvalue weighted by molar-refractivity contribution is 0.143. The second-order valence-electron chi connectivity index (χ2n) is 0.768. The summed E-state index contributed by atoms with van der Waals surface area (Å²) < 4.78 is 0. The SMILES string of the molecule is On1c[c]nn1. The molecular formula is C2H2N3O. The molecule has 1 N–H and O–H groups in total. The van der Waals surface area contributed by atoms with Gasteiger partial charge in [-0.15, -0.1) is 5.10 Å². The zero-order valence-corrected chi connectivity index (χ0v) is 2.87. The standard InChI is InChI=1S/C2H2N3O/c6-5-2-1-3-4-5/h2,6H. The van der Waals surface area contributed by atoms with E-state index < -0.39 is 0 Å². The van der Waals surface area contributed by atoms with E-state index in [4.69, 9.17) is 5.21 Å². The molecule has 0 spiro atoms. The highest BCUT2D eigenvalue weighted by atomic mass is 16.5. The fourth-order valence-corrected chi connectivity index (χ4v) is 0.175. The van der Waals surface area contributed by atoms with Gasteiger partial charge in [0, 0.05) is 0 Å². The van der Waals surface area contributed by atoms with Crippen molar-refractivity contribution in [1.82, 2.24) is 15.2 Å². The predicted octanol–water partition coefficient (Wildman–Crippen LogP) is -0.684. The first-order valence-electron chi connectivity index (χ1n) is 1.37. The van der Waals surface area contributed by atoms with E-state index in [9.17, 15) is 0 Å². The molecule has 0 aliphatic heterocycles. The van der Waals surface area contributed by atoms with E-state index in [1.165, 1.54) is 6.20 Å². The lowest BCUT2D eigenvalue weighted by Gasteiger charge is -1.73. The molecule has 4 heteroatoms. The van der Waals surface area contributed by atoms with E-state index in [1.54, 1.807) is 0 Å². The summed E-state index contributed by atoms with van der Waals surface area (Å²) in [4.78, 5) is 0.583. The predicted molar refractivity (Wildman–Crippen MR) is 16.0 cm³/mol. The fraction of sp³-hybridized carbons (Fsp3) is 0. The summed E-state index contributed by atoms with van der Waals surface area (Å²) in [6.45, 7) is 0. The molecule has 6 heavy (non-hydrogen) atoms. The quantitative estimate of drug-likeness (QED) is 0.423. The molecule has 4 nitrogen and oxygen atoms in total. The van der Waals surface area contributed by atoms with Crippen molar-refractivity contribution in [3.05, 3.63) is 12.4 Å². The van der Waals surface area contributed by atoms with Gasteiger partial charge in [0.05, 0.1) is 6.20 Å². The van der Waals surface area contributed by atoms with Crippen LogP contribution in [0.25, 0.3) is 0 Å². The first kappa shape index (κ1) is 3.14. The van der Waals surface area contributed by atoms with Crippen LogP contribution in [-0.4, -0.2) is 20.4 Å². The Balaban J connectivity index is 3.05. The molecule has 31 valence electrons. The molecule has 0 atom stereocenters. The first-order chi connectivity index (χ1) is 2.89. The van der Waals surface area contributed by atoms with Gasteiger partial charge in [-0.3, -0.25) is 0 Å². The van der Waals surface area contributed by atoms with Crippen molar-refractivity contribution in [2.45, 2.75) is 0 Å². The average Bonchev–Trinajstić information content (AvgIpc) is 1.86. The molecule has 0 aliphatic carbocycles. The largest absolute Gasteiger partial charge is 0.410 e. The molecule has 0 fully saturated rings. The van der Waals surface area contributed by atoms with Gasteiger partial charge in [-0.25, -0.2) is 0 Å². The third-order valence-electron chi connectivity index (χ3n) is 0.367. The monoisotopic (exact) mass is 84.0 g/mol. The van der Waals surface area contributed by atoms with E-state index in [2.05, 4.69) is 16.5 Å². The van der Waals surface area contributed by atoms with Crippen LogP contribution < -0.4 is 0 Å². The molecule has 1 rings (SSSR count). The number of aromatic nitrogens is 3. The van der Waals surface area contributed by atoms with Gasteiger partial charge in [0.2, 0.25) is 0 Å². The lowest BCUT2D eigenvalue weighted by Crippen LogP contribution is -1.88. The van der Waals surface area contributed by atoms with Gasteiger partial charge in [-0.05, 0) is 5.21 Å². The molecular weight excluding hydrogens is 82.0 g/mol. The maximum Gasteiger partial charge on any atom is 0.138 e. The highest BCUT2D eigenvalue weighted by molar-refractivity contribution is 4.53. The van der Waals surface area contributed by atoms with E-state index in [0.29, 0.717) is 4.85 Å². The Morgan fingerprint density at radius 3 is 2.83 bits per heavy atom. The number of hydrogen-bond donors (Lipinski definition) is 1. The fourth-order valence-electron chi connectivity index (χ4n) is 0.175. The van der Waals surface area contributed by atoms with Gasteiger partial charge in [-0.1, -0.05) is 4.85 Å². The molecule has 0 saturated heterocycles. The maximum absolute atomic E-state index is 8.18. The van der Waals surface area contributed by atoms with Gasteiger partial charge in [0.25, 0.3) is 0 Å². The van der Waals surface area contributed by atoms with Gasteiger partial charge in [0.1, 0.15) is 6.20 Å². The normalized spacial score (nSPS) is 8.67. The summed E-state index contributed by atoms with van der Waals surface area (Å²) in [5.41, 5.74) is 0. The Morgan fingerprint density at radius 1 is 1.83 bits per heavy atom. The first-order valence-corrected chi connectivity index (χ1v) is 1.37. The molecule has 0 aliphatic rings. The van der Waals surface area contributed by atoms with Crippen molar-refractivity contribution in [2.75, 3.05) is 0 Å². The van der Waals surface area contributed by atoms with E-state index in [0.717, 1.165) is 0 Å². The van der Waals surface area contributed by atoms with Crippen LogP contribution in [-0.2, 0) is 0 Å². The second kappa shape index (κ2) is 0.965. The molecule has 0 amide bonds. The molecule has 1 aromatic rings. The third kappa shape index (κ3) is 0.314. The zero-order valence-electron chi connectivity index (χ0n) is 2.87. The van der Waals surface area contributed by atoms with Gasteiger partial charge in [0.15, 0.2) is 0 Å². The Bertz CT molecular complexity index is 112. The van der Waals surface area contributed by atoms with E-state index >= 15 is 0 Å². The van der Waals surface area contributed by atoms with Crippen LogP contribution in [0.3, 0.4) is 0 Å². The Morgan fingerprint density at radius 2 is 2.67 bits per heavy atom. The summed E-state index contributed by atoms with van der Waals surface area (Å²) in [7, 11) is 0. The molecule has 1 aromatic heterocycles. The minimum absolute atomic E-state index is 0.583. The summed E-state index contributed by atoms with van der Waals surface area (Å²) in [5, 5.41) is 14.4. The molecule has 0 saturated carbocycles. The van der Waals surface area contributed by atoms with Crippen LogP contribution in [0.1, 0.15) is 0 Å². The highest BCUT2D eigenvalue weighted by Crippen LogP contribution is 1.63. The summed E-state index contributed by atoms with van der Waals surface area (Å²) in [6, 6.07) is 0. The Hall–Kier alpha value is -1.06. The van der Waals surface area contributed by atoms with Crippen LogP contribution in [0.2, 0.25) is 0 Å². The van der Waals surface area contributed by atoms with Crippen molar-refractivity contribution in [2.24, 2.45) is 0 Å². The third-order valence-corrected chi connectivity index (χ3v) is 0.367. The Kier molecular flexibility index (Phi) is 0.506. The minimum Gasteiger partial charge on any atom is -0.410 e. The van der Waals surface area contributed by atoms with Crippen molar-refractivity contribution < 1.29 is 5.21 Å². The van der Waals surface area contributed by atoms with Crippen LogP contribution >= 0.6 is 0 Å². The smallest absolute Gasteiger partial charge is 0.138 e. The molecule has 0 unspecified atom stereocenters. The molecule has 1 heterocycles. The van der Waals surface area contributed by atoms with Crippen LogP contribution in [0.4, 0.5) is 0 Å². The van der Waals surface area contributed by atoms with Crippen molar-refractivity contribution in [3.8, 4) is 0 Å². The lowest BCUT2D eigenvalue weighted by atomic mass is 11.0. The van der Waals surface area contributed by atoms with Crippen LogP contribution in [0.15, 0.2) is 6.20 Å². The highest BCUT2D eigenvalue weighted by Gasteiger charge is 1.75. The summed E-state index contributed by atoms with van der Waals surface area (Å²) in [6.07, 6.45) is 3.49. The molecule has 0 bridgehead atoms. The topological polar surface area (TPSA) is 50.9 Å². The Labute approximate surface area is 34.0 Å². The van der Waals surface area contributed by atoms with Crippen LogP contribution in [0, 0.1) is 6.20 Å². The minimum atomic E-state index is 0.583. The van der Waals surface area contributed by atoms with E-state index in [1.807, 2.05) is 0 Å². The second-order valence-corrected chi connectivity index (χ2v) is 0.768. The van der Waals surface area contributed by atoms with Crippen molar-refractivity contribution in [3.63, 3.8) is 0 Å². The average molecular weight is 84.1 g/mol. The number of hydrogen-bond acceptors (Lipinski definition) is 3. The maximum atomic E-state index is 8.18. The number of rotatable bonds is 0. The van der Waals surface area contributed by atoms with Crippen LogP contribution in [0.5, 0.6) is 0 Å². The van der Waals surface area contributed by atoms with Crippen molar-refractivity contribution >= 4 is 0 Å². The zero-order chi connectivity index (χ0) is 4.41. The van der Waals surface area contributed by atoms with Gasteiger partial charge < -0.3 is 5.21 Å². The number of nitrogens with zero attached hydrogens (tertiary/aromatic N) is 3. The van der Waals surface area contributed by atoms with Crippen molar-refractivity contribution in [1.29, 1.82) is 0 Å². The van der Waals surface area contributed by atoms with Gasteiger partial charge in [-0.2, -0.15) is 0 Å². The molecule has 1 radical (unpaired) electrons. The van der Waals surface area contributed by atoms with Gasteiger partial charge >= 0.3 is 0 Å². The van der Waals surface area contributed by atoms with E-state index in [-0.39, 0.29) is 0 Å².